The maximum atomic E-state index is 4.29. The SMILES string of the molecule is Cl.IN1CCCCC1c1ncc[nH]1. The van der Waals surface area contributed by atoms with E-state index in [2.05, 4.69) is 35.9 Å². The van der Waals surface area contributed by atoms with E-state index in [-0.39, 0.29) is 12.4 Å². The average Bonchev–Trinajstić information content (AvgIpc) is 2.57. The van der Waals surface area contributed by atoms with Gasteiger partial charge in [-0.05, 0) is 12.8 Å². The highest BCUT2D eigenvalue weighted by atomic mass is 127. The van der Waals surface area contributed by atoms with Crippen LogP contribution in [0.1, 0.15) is 31.1 Å². The zero-order valence-corrected chi connectivity index (χ0v) is 10.2. The number of aromatic amines is 1. The first-order valence-electron chi connectivity index (χ1n) is 4.29. The monoisotopic (exact) mass is 313 g/mol. The van der Waals surface area contributed by atoms with Crippen molar-refractivity contribution in [2.24, 2.45) is 0 Å². The highest BCUT2D eigenvalue weighted by Gasteiger charge is 2.23. The number of halogens is 2. The van der Waals surface area contributed by atoms with E-state index in [4.69, 9.17) is 0 Å². The summed E-state index contributed by atoms with van der Waals surface area (Å²) in [7, 11) is 0. The Hall–Kier alpha value is 0.190. The quantitative estimate of drug-likeness (QED) is 0.638. The molecular weight excluding hydrogens is 300 g/mol. The fourth-order valence-corrected chi connectivity index (χ4v) is 2.51. The second-order valence-electron chi connectivity index (χ2n) is 3.11. The lowest BCUT2D eigenvalue weighted by atomic mass is 10.0. The van der Waals surface area contributed by atoms with Crippen molar-refractivity contribution in [2.45, 2.75) is 25.3 Å². The Morgan fingerprint density at radius 1 is 1.54 bits per heavy atom. The molecule has 1 aliphatic heterocycles. The van der Waals surface area contributed by atoms with E-state index in [9.17, 15) is 0 Å². The van der Waals surface area contributed by atoms with Crippen LogP contribution in [0.5, 0.6) is 0 Å². The number of imidazole rings is 1. The molecule has 0 aliphatic carbocycles. The summed E-state index contributed by atoms with van der Waals surface area (Å²) >= 11 is 2.39. The van der Waals surface area contributed by atoms with E-state index >= 15 is 0 Å². The molecule has 3 nitrogen and oxygen atoms in total. The number of H-pyrrole nitrogens is 1. The number of nitrogens with one attached hydrogen (secondary N) is 1. The summed E-state index contributed by atoms with van der Waals surface area (Å²) in [6.07, 6.45) is 7.60. The molecule has 0 amide bonds. The standard InChI is InChI=1S/C8H12IN3.ClH/c9-12-6-2-1-3-7(12)8-10-4-5-11-8;/h4-5,7H,1-3,6H2,(H,10,11);1H. The molecule has 13 heavy (non-hydrogen) atoms. The Bertz CT molecular complexity index is 240. The van der Waals surface area contributed by atoms with Gasteiger partial charge in [-0.3, -0.25) is 0 Å². The van der Waals surface area contributed by atoms with E-state index in [1.54, 1.807) is 0 Å². The number of piperidine rings is 1. The summed E-state index contributed by atoms with van der Waals surface area (Å²) in [5, 5.41) is 0. The van der Waals surface area contributed by atoms with Crippen molar-refractivity contribution in [1.82, 2.24) is 13.1 Å². The van der Waals surface area contributed by atoms with Crippen LogP contribution in [-0.2, 0) is 0 Å². The molecule has 1 saturated heterocycles. The van der Waals surface area contributed by atoms with Crippen LogP contribution in [0.4, 0.5) is 0 Å². The van der Waals surface area contributed by atoms with Crippen molar-refractivity contribution in [2.75, 3.05) is 6.54 Å². The van der Waals surface area contributed by atoms with Gasteiger partial charge in [0.2, 0.25) is 0 Å². The van der Waals surface area contributed by atoms with Crippen LogP contribution in [0.2, 0.25) is 0 Å². The highest BCUT2D eigenvalue weighted by Crippen LogP contribution is 2.31. The molecule has 2 heterocycles. The van der Waals surface area contributed by atoms with Gasteiger partial charge in [-0.25, -0.2) is 8.10 Å². The van der Waals surface area contributed by atoms with Gasteiger partial charge in [0.25, 0.3) is 0 Å². The first-order chi connectivity index (χ1) is 5.88. The van der Waals surface area contributed by atoms with E-state index in [1.165, 1.54) is 25.8 Å². The maximum Gasteiger partial charge on any atom is 0.124 e. The summed E-state index contributed by atoms with van der Waals surface area (Å²) in [6.45, 7) is 1.19. The summed E-state index contributed by atoms with van der Waals surface area (Å²) in [4.78, 5) is 7.47. The number of hydrogen-bond acceptors (Lipinski definition) is 2. The molecule has 0 saturated carbocycles. The summed E-state index contributed by atoms with van der Waals surface area (Å²) in [6, 6.07) is 0.509. The molecule has 1 N–H and O–H groups in total. The molecule has 1 unspecified atom stereocenters. The summed E-state index contributed by atoms with van der Waals surface area (Å²) in [5.74, 6) is 1.11. The minimum atomic E-state index is 0. The van der Waals surface area contributed by atoms with Gasteiger partial charge in [-0.15, -0.1) is 12.4 Å². The molecule has 1 aliphatic rings. The lowest BCUT2D eigenvalue weighted by molar-refractivity contribution is 0.293. The molecule has 5 heteroatoms. The van der Waals surface area contributed by atoms with Crippen LogP contribution in [0.3, 0.4) is 0 Å². The normalized spacial score (nSPS) is 23.9. The minimum Gasteiger partial charge on any atom is -0.347 e. The zero-order valence-electron chi connectivity index (χ0n) is 7.24. The second-order valence-corrected chi connectivity index (χ2v) is 4.35. The van der Waals surface area contributed by atoms with Crippen LogP contribution >= 0.6 is 35.3 Å². The molecule has 0 aromatic carbocycles. The molecular formula is C8H13ClIN3. The third-order valence-corrected chi connectivity index (χ3v) is 3.43. The Morgan fingerprint density at radius 3 is 3.00 bits per heavy atom. The molecule has 1 aromatic rings. The molecule has 1 atom stereocenters. The van der Waals surface area contributed by atoms with E-state index in [1.807, 2.05) is 12.4 Å². The van der Waals surface area contributed by atoms with Gasteiger partial charge in [-0.2, -0.15) is 0 Å². The van der Waals surface area contributed by atoms with Crippen molar-refractivity contribution in [1.29, 1.82) is 0 Å². The number of rotatable bonds is 1. The maximum absolute atomic E-state index is 4.29. The molecule has 74 valence electrons. The lowest BCUT2D eigenvalue weighted by Gasteiger charge is -2.28. The van der Waals surface area contributed by atoms with E-state index < -0.39 is 0 Å². The van der Waals surface area contributed by atoms with Crippen LogP contribution in [0.15, 0.2) is 12.4 Å². The van der Waals surface area contributed by atoms with Gasteiger partial charge < -0.3 is 4.98 Å². The molecule has 2 rings (SSSR count). The van der Waals surface area contributed by atoms with Gasteiger partial charge in [0, 0.05) is 41.8 Å². The predicted octanol–water partition coefficient (Wildman–Crippen LogP) is 2.71. The fourth-order valence-electron chi connectivity index (χ4n) is 1.63. The van der Waals surface area contributed by atoms with Crippen molar-refractivity contribution in [3.8, 4) is 0 Å². The fraction of sp³-hybridized carbons (Fsp3) is 0.625. The van der Waals surface area contributed by atoms with Crippen LogP contribution in [0.25, 0.3) is 0 Å². The smallest absolute Gasteiger partial charge is 0.124 e. The number of hydrogen-bond donors (Lipinski definition) is 1. The van der Waals surface area contributed by atoms with Crippen LogP contribution in [0, 0.1) is 0 Å². The predicted molar refractivity (Wildman–Crippen MR) is 63.2 cm³/mol. The first kappa shape index (κ1) is 11.3. The third-order valence-electron chi connectivity index (χ3n) is 2.27. The summed E-state index contributed by atoms with van der Waals surface area (Å²) < 4.78 is 2.35. The van der Waals surface area contributed by atoms with Crippen molar-refractivity contribution in [3.05, 3.63) is 18.2 Å². The number of nitrogens with zero attached hydrogens (tertiary/aromatic N) is 2. The molecule has 0 spiro atoms. The largest absolute Gasteiger partial charge is 0.347 e. The van der Waals surface area contributed by atoms with Crippen molar-refractivity contribution < 1.29 is 0 Å². The Kier molecular flexibility index (Phi) is 4.48. The molecule has 1 aromatic heterocycles. The van der Waals surface area contributed by atoms with Gasteiger partial charge >= 0.3 is 0 Å². The van der Waals surface area contributed by atoms with Crippen molar-refractivity contribution >= 4 is 35.3 Å². The van der Waals surface area contributed by atoms with E-state index in [0.717, 1.165) is 5.82 Å². The molecule has 0 bridgehead atoms. The average molecular weight is 314 g/mol. The number of aromatic nitrogens is 2. The Balaban J connectivity index is 0.000000845. The third kappa shape index (κ3) is 2.57. The summed E-state index contributed by atoms with van der Waals surface area (Å²) in [5.41, 5.74) is 0. The second kappa shape index (κ2) is 5.17. The minimum absolute atomic E-state index is 0. The van der Waals surface area contributed by atoms with Crippen molar-refractivity contribution in [3.63, 3.8) is 0 Å². The van der Waals surface area contributed by atoms with Gasteiger partial charge in [-0.1, -0.05) is 6.42 Å². The Morgan fingerprint density at radius 2 is 2.38 bits per heavy atom. The highest BCUT2D eigenvalue weighted by molar-refractivity contribution is 14.1. The Labute approximate surface area is 98.2 Å². The zero-order chi connectivity index (χ0) is 8.39. The van der Waals surface area contributed by atoms with Crippen LogP contribution in [-0.4, -0.2) is 19.6 Å². The molecule has 1 fully saturated rings. The van der Waals surface area contributed by atoms with E-state index in [0.29, 0.717) is 6.04 Å². The van der Waals surface area contributed by atoms with Crippen LogP contribution < -0.4 is 0 Å². The topological polar surface area (TPSA) is 31.9 Å². The van der Waals surface area contributed by atoms with Gasteiger partial charge in [0.1, 0.15) is 5.82 Å². The lowest BCUT2D eigenvalue weighted by Crippen LogP contribution is -2.25. The first-order valence-corrected chi connectivity index (χ1v) is 5.26. The van der Waals surface area contributed by atoms with Gasteiger partial charge in [0.15, 0.2) is 0 Å². The van der Waals surface area contributed by atoms with Gasteiger partial charge in [0.05, 0.1) is 6.04 Å². The molecule has 0 radical (unpaired) electrons.